The van der Waals surface area contributed by atoms with Crippen LogP contribution in [0, 0.1) is 0 Å². The molecule has 2 heteroatoms. The summed E-state index contributed by atoms with van der Waals surface area (Å²) >= 11 is 0. The lowest BCUT2D eigenvalue weighted by Gasteiger charge is -2.34. The second kappa shape index (κ2) is 8.43. The van der Waals surface area contributed by atoms with E-state index in [0.717, 1.165) is 6.54 Å². The van der Waals surface area contributed by atoms with Crippen LogP contribution in [0.15, 0.2) is 30.3 Å². The van der Waals surface area contributed by atoms with E-state index in [1.807, 2.05) is 0 Å². The molecule has 1 aliphatic heterocycles. The number of benzene rings is 1. The molecule has 0 saturated carbocycles. The third-order valence-electron chi connectivity index (χ3n) is 4.67. The maximum Gasteiger partial charge on any atom is 0.0224 e. The zero-order valence-corrected chi connectivity index (χ0v) is 12.9. The lowest BCUT2D eigenvalue weighted by molar-refractivity contribution is 0.169. The van der Waals surface area contributed by atoms with Crippen molar-refractivity contribution in [2.45, 2.75) is 57.4 Å². The van der Waals surface area contributed by atoms with Crippen molar-refractivity contribution in [3.8, 4) is 0 Å². The van der Waals surface area contributed by atoms with Crippen LogP contribution >= 0.6 is 0 Å². The lowest BCUT2D eigenvalue weighted by atomic mass is 9.92. The number of hydrogen-bond donors (Lipinski definition) is 1. The van der Waals surface area contributed by atoms with Crippen LogP contribution < -0.4 is 5.73 Å². The molecule has 0 aromatic heterocycles. The summed E-state index contributed by atoms with van der Waals surface area (Å²) < 4.78 is 0. The Morgan fingerprint density at radius 2 is 1.60 bits per heavy atom. The van der Waals surface area contributed by atoms with E-state index in [1.165, 1.54) is 57.2 Å². The van der Waals surface area contributed by atoms with Gasteiger partial charge in [0.05, 0.1) is 0 Å². The van der Waals surface area contributed by atoms with E-state index < -0.39 is 0 Å². The molecule has 112 valence electrons. The van der Waals surface area contributed by atoms with Crippen molar-refractivity contribution >= 4 is 0 Å². The first-order valence-electron chi connectivity index (χ1n) is 8.30. The minimum Gasteiger partial charge on any atom is -0.329 e. The second-order valence-electron chi connectivity index (χ2n) is 6.24. The van der Waals surface area contributed by atoms with Crippen molar-refractivity contribution in [3.05, 3.63) is 35.9 Å². The van der Waals surface area contributed by atoms with Gasteiger partial charge in [0.1, 0.15) is 0 Å². The van der Waals surface area contributed by atoms with Gasteiger partial charge in [0.15, 0.2) is 0 Å². The highest BCUT2D eigenvalue weighted by Gasteiger charge is 2.20. The first-order valence-corrected chi connectivity index (χ1v) is 8.30. The van der Waals surface area contributed by atoms with Crippen LogP contribution in [0.3, 0.4) is 0 Å². The highest BCUT2D eigenvalue weighted by Crippen LogP contribution is 2.23. The Hall–Kier alpha value is -0.860. The van der Waals surface area contributed by atoms with Crippen molar-refractivity contribution in [3.63, 3.8) is 0 Å². The van der Waals surface area contributed by atoms with Crippen molar-refractivity contribution in [2.75, 3.05) is 19.6 Å². The van der Waals surface area contributed by atoms with Crippen LogP contribution in [-0.4, -0.2) is 30.6 Å². The molecule has 2 N–H and O–H groups in total. The molecule has 0 bridgehead atoms. The molecule has 1 heterocycles. The number of likely N-dealkylation sites (tertiary alicyclic amines) is 1. The standard InChI is InChI=1S/C18H30N2/c1-16(17-10-6-5-7-11-17)14-18(15-19)20-12-8-3-2-4-9-13-20/h5-7,10-11,16,18H,2-4,8-9,12-15,19H2,1H3. The monoisotopic (exact) mass is 274 g/mol. The summed E-state index contributed by atoms with van der Waals surface area (Å²) in [6.07, 6.45) is 8.07. The largest absolute Gasteiger partial charge is 0.329 e. The van der Waals surface area contributed by atoms with Crippen molar-refractivity contribution < 1.29 is 0 Å². The molecule has 2 unspecified atom stereocenters. The Kier molecular flexibility index (Phi) is 6.55. The van der Waals surface area contributed by atoms with Gasteiger partial charge in [-0.05, 0) is 43.8 Å². The van der Waals surface area contributed by atoms with Crippen LogP contribution in [0.25, 0.3) is 0 Å². The third kappa shape index (κ3) is 4.60. The van der Waals surface area contributed by atoms with Crippen LogP contribution in [0.2, 0.25) is 0 Å². The molecule has 1 fully saturated rings. The molecule has 0 radical (unpaired) electrons. The molecule has 2 atom stereocenters. The van der Waals surface area contributed by atoms with Crippen molar-refractivity contribution in [1.29, 1.82) is 0 Å². The summed E-state index contributed by atoms with van der Waals surface area (Å²) in [5.74, 6) is 0.593. The molecule has 0 amide bonds. The minimum atomic E-state index is 0.545. The van der Waals surface area contributed by atoms with Crippen molar-refractivity contribution in [1.82, 2.24) is 4.90 Å². The van der Waals surface area contributed by atoms with Gasteiger partial charge in [0.2, 0.25) is 0 Å². The second-order valence-corrected chi connectivity index (χ2v) is 6.24. The average Bonchev–Trinajstić information content (AvgIpc) is 2.46. The van der Waals surface area contributed by atoms with Gasteiger partial charge in [0.25, 0.3) is 0 Å². The fourth-order valence-electron chi connectivity index (χ4n) is 3.36. The van der Waals surface area contributed by atoms with Crippen LogP contribution in [-0.2, 0) is 0 Å². The maximum atomic E-state index is 6.08. The van der Waals surface area contributed by atoms with Crippen molar-refractivity contribution in [2.24, 2.45) is 5.73 Å². The molecule has 2 rings (SSSR count). The highest BCUT2D eigenvalue weighted by atomic mass is 15.2. The van der Waals surface area contributed by atoms with Gasteiger partial charge in [-0.15, -0.1) is 0 Å². The lowest BCUT2D eigenvalue weighted by Crippen LogP contribution is -2.43. The predicted molar refractivity (Wildman–Crippen MR) is 87.0 cm³/mol. The van der Waals surface area contributed by atoms with E-state index in [2.05, 4.69) is 42.2 Å². The summed E-state index contributed by atoms with van der Waals surface area (Å²) in [4.78, 5) is 2.65. The highest BCUT2D eigenvalue weighted by molar-refractivity contribution is 5.18. The van der Waals surface area contributed by atoms with Gasteiger partial charge in [-0.25, -0.2) is 0 Å². The average molecular weight is 274 g/mol. The Labute approximate surface area is 124 Å². The summed E-state index contributed by atoms with van der Waals surface area (Å²) in [6, 6.07) is 11.4. The number of rotatable bonds is 5. The molecule has 2 nitrogen and oxygen atoms in total. The third-order valence-corrected chi connectivity index (χ3v) is 4.67. The van der Waals surface area contributed by atoms with E-state index in [-0.39, 0.29) is 0 Å². The first kappa shape index (κ1) is 15.5. The van der Waals surface area contributed by atoms with Gasteiger partial charge in [0, 0.05) is 12.6 Å². The molecule has 1 aromatic carbocycles. The fourth-order valence-corrected chi connectivity index (χ4v) is 3.36. The van der Waals surface area contributed by atoms with E-state index >= 15 is 0 Å². The SMILES string of the molecule is CC(CC(CN)N1CCCCCCC1)c1ccccc1. The molecule has 0 aliphatic carbocycles. The van der Waals surface area contributed by atoms with E-state index in [1.54, 1.807) is 0 Å². The summed E-state index contributed by atoms with van der Waals surface area (Å²) in [5, 5.41) is 0. The van der Waals surface area contributed by atoms with Crippen LogP contribution in [0.4, 0.5) is 0 Å². The predicted octanol–water partition coefficient (Wildman–Crippen LogP) is 3.77. The van der Waals surface area contributed by atoms with Crippen LogP contribution in [0.5, 0.6) is 0 Å². The normalized spacial score (nSPS) is 20.9. The Bertz CT molecular complexity index is 355. The summed E-state index contributed by atoms with van der Waals surface area (Å²) in [5.41, 5.74) is 7.52. The van der Waals surface area contributed by atoms with Crippen LogP contribution in [0.1, 0.15) is 56.9 Å². The quantitative estimate of drug-likeness (QED) is 0.885. The Morgan fingerprint density at radius 1 is 1.00 bits per heavy atom. The summed E-state index contributed by atoms with van der Waals surface area (Å²) in [7, 11) is 0. The molecule has 20 heavy (non-hydrogen) atoms. The molecule has 0 spiro atoms. The number of hydrogen-bond acceptors (Lipinski definition) is 2. The Morgan fingerprint density at radius 3 is 2.20 bits per heavy atom. The molecule has 1 aliphatic rings. The van der Waals surface area contributed by atoms with E-state index in [9.17, 15) is 0 Å². The van der Waals surface area contributed by atoms with E-state index in [0.29, 0.717) is 12.0 Å². The molecule has 1 saturated heterocycles. The van der Waals surface area contributed by atoms with Gasteiger partial charge < -0.3 is 5.73 Å². The van der Waals surface area contributed by atoms with Gasteiger partial charge in [-0.1, -0.05) is 56.5 Å². The minimum absolute atomic E-state index is 0.545. The number of nitrogens with zero attached hydrogens (tertiary/aromatic N) is 1. The van der Waals surface area contributed by atoms with Gasteiger partial charge >= 0.3 is 0 Å². The maximum absolute atomic E-state index is 6.08. The fraction of sp³-hybridized carbons (Fsp3) is 0.667. The zero-order chi connectivity index (χ0) is 14.2. The molecule has 1 aromatic rings. The zero-order valence-electron chi connectivity index (χ0n) is 12.9. The Balaban J connectivity index is 1.93. The molecular weight excluding hydrogens is 244 g/mol. The van der Waals surface area contributed by atoms with Gasteiger partial charge in [-0.3, -0.25) is 4.90 Å². The topological polar surface area (TPSA) is 29.3 Å². The summed E-state index contributed by atoms with van der Waals surface area (Å²) in [6.45, 7) is 5.60. The first-order chi connectivity index (χ1) is 9.81. The smallest absolute Gasteiger partial charge is 0.0224 e. The molecular formula is C18H30N2. The van der Waals surface area contributed by atoms with Gasteiger partial charge in [-0.2, -0.15) is 0 Å². The number of nitrogens with two attached hydrogens (primary N) is 1. The van der Waals surface area contributed by atoms with E-state index in [4.69, 9.17) is 5.73 Å².